The molecule has 0 radical (unpaired) electrons. The number of piperidine rings is 1. The second-order valence-corrected chi connectivity index (χ2v) is 6.90. The third-order valence-electron chi connectivity index (χ3n) is 4.89. The van der Waals surface area contributed by atoms with Gasteiger partial charge in [0.25, 0.3) is 0 Å². The molecule has 0 aromatic heterocycles. The second kappa shape index (κ2) is 8.11. The van der Waals surface area contributed by atoms with Crippen LogP contribution in [0.3, 0.4) is 0 Å². The fraction of sp³-hybridized carbons (Fsp3) is 0.938. The molecular formula is C16H32N4O. The van der Waals surface area contributed by atoms with Crippen LogP contribution in [-0.4, -0.2) is 74.1 Å². The molecule has 2 rings (SSSR count). The van der Waals surface area contributed by atoms with Crippen molar-refractivity contribution in [3.8, 4) is 0 Å². The molecule has 2 fully saturated rings. The normalized spacial score (nSPS) is 26.8. The van der Waals surface area contributed by atoms with E-state index < -0.39 is 0 Å². The van der Waals surface area contributed by atoms with Crippen molar-refractivity contribution in [1.29, 1.82) is 0 Å². The Hall–Kier alpha value is -0.650. The number of likely N-dealkylation sites (N-methyl/N-ethyl adjacent to an activating group) is 1. The summed E-state index contributed by atoms with van der Waals surface area (Å²) in [6.07, 6.45) is 3.34. The lowest BCUT2D eigenvalue weighted by molar-refractivity contribution is -0.124. The molecule has 5 heteroatoms. The molecule has 122 valence electrons. The summed E-state index contributed by atoms with van der Waals surface area (Å²) in [5.74, 6) is 0.752. The van der Waals surface area contributed by atoms with E-state index in [1.165, 1.54) is 6.42 Å². The van der Waals surface area contributed by atoms with E-state index >= 15 is 0 Å². The van der Waals surface area contributed by atoms with Gasteiger partial charge in [0.05, 0.1) is 6.04 Å². The molecule has 2 saturated heterocycles. The summed E-state index contributed by atoms with van der Waals surface area (Å²) in [5.41, 5.74) is 0. The van der Waals surface area contributed by atoms with Crippen LogP contribution in [0.5, 0.6) is 0 Å². The van der Waals surface area contributed by atoms with E-state index in [2.05, 4.69) is 41.3 Å². The zero-order chi connectivity index (χ0) is 15.2. The van der Waals surface area contributed by atoms with Gasteiger partial charge >= 0.3 is 0 Å². The maximum Gasteiger partial charge on any atom is 0.237 e. The highest BCUT2D eigenvalue weighted by Gasteiger charge is 2.27. The van der Waals surface area contributed by atoms with E-state index in [1.807, 2.05) is 0 Å². The van der Waals surface area contributed by atoms with E-state index in [9.17, 15) is 4.79 Å². The number of amides is 1. The van der Waals surface area contributed by atoms with Crippen LogP contribution < -0.4 is 10.6 Å². The minimum atomic E-state index is 0.0269. The van der Waals surface area contributed by atoms with Crippen molar-refractivity contribution in [2.24, 2.45) is 5.92 Å². The van der Waals surface area contributed by atoms with Gasteiger partial charge < -0.3 is 15.5 Å². The maximum atomic E-state index is 12.3. The van der Waals surface area contributed by atoms with Crippen LogP contribution in [0.2, 0.25) is 0 Å². The Balaban J connectivity index is 1.80. The van der Waals surface area contributed by atoms with E-state index in [1.54, 1.807) is 0 Å². The van der Waals surface area contributed by atoms with Gasteiger partial charge in [0, 0.05) is 38.8 Å². The first kappa shape index (κ1) is 16.7. The van der Waals surface area contributed by atoms with Gasteiger partial charge in [-0.3, -0.25) is 9.69 Å². The largest absolute Gasteiger partial charge is 0.353 e. The lowest BCUT2D eigenvalue weighted by Gasteiger charge is -2.40. The molecule has 0 saturated carbocycles. The van der Waals surface area contributed by atoms with Crippen molar-refractivity contribution >= 4 is 5.91 Å². The average molecular weight is 296 g/mol. The highest BCUT2D eigenvalue weighted by molar-refractivity contribution is 5.81. The number of carbonyl (C=O) groups is 1. The first-order valence-corrected chi connectivity index (χ1v) is 8.51. The third-order valence-corrected chi connectivity index (χ3v) is 4.89. The van der Waals surface area contributed by atoms with E-state index in [4.69, 9.17) is 0 Å². The Kier molecular flexibility index (Phi) is 6.45. The maximum absolute atomic E-state index is 12.3. The molecule has 2 atom stereocenters. The van der Waals surface area contributed by atoms with Crippen molar-refractivity contribution in [2.75, 3.05) is 46.3 Å². The van der Waals surface area contributed by atoms with Crippen molar-refractivity contribution in [1.82, 2.24) is 20.4 Å². The monoisotopic (exact) mass is 296 g/mol. The van der Waals surface area contributed by atoms with Crippen LogP contribution in [0.1, 0.15) is 33.1 Å². The number of rotatable bonds is 5. The zero-order valence-corrected chi connectivity index (χ0v) is 13.9. The molecule has 21 heavy (non-hydrogen) atoms. The number of carbonyl (C=O) groups excluding carboxylic acids is 1. The number of hydrogen-bond acceptors (Lipinski definition) is 4. The van der Waals surface area contributed by atoms with E-state index in [0.29, 0.717) is 12.0 Å². The fourth-order valence-corrected chi connectivity index (χ4v) is 3.34. The van der Waals surface area contributed by atoms with Gasteiger partial charge in [0.15, 0.2) is 0 Å². The number of hydrogen-bond donors (Lipinski definition) is 2. The molecule has 5 nitrogen and oxygen atoms in total. The molecule has 2 unspecified atom stereocenters. The van der Waals surface area contributed by atoms with E-state index in [-0.39, 0.29) is 11.9 Å². The van der Waals surface area contributed by atoms with Crippen LogP contribution in [0.25, 0.3) is 0 Å². The molecule has 0 aliphatic carbocycles. The summed E-state index contributed by atoms with van der Waals surface area (Å²) in [6, 6.07) is 0.477. The highest BCUT2D eigenvalue weighted by Crippen LogP contribution is 2.13. The number of nitrogens with zero attached hydrogens (tertiary/aromatic N) is 2. The molecule has 0 aromatic carbocycles. The predicted octanol–water partition coefficient (Wildman–Crippen LogP) is 0.517. The van der Waals surface area contributed by atoms with Crippen LogP contribution in [0, 0.1) is 5.92 Å². The van der Waals surface area contributed by atoms with Crippen molar-refractivity contribution in [3.05, 3.63) is 0 Å². The van der Waals surface area contributed by atoms with E-state index in [0.717, 1.165) is 52.1 Å². The number of piperazine rings is 1. The molecule has 0 spiro atoms. The van der Waals surface area contributed by atoms with Crippen molar-refractivity contribution < 1.29 is 4.79 Å². The second-order valence-electron chi connectivity index (χ2n) is 6.90. The Morgan fingerprint density at radius 2 is 1.95 bits per heavy atom. The van der Waals surface area contributed by atoms with Crippen LogP contribution in [0.4, 0.5) is 0 Å². The number of nitrogens with one attached hydrogen (secondary N) is 2. The average Bonchev–Trinajstić information content (AvgIpc) is 2.49. The molecule has 0 bridgehead atoms. The van der Waals surface area contributed by atoms with Crippen molar-refractivity contribution in [3.63, 3.8) is 0 Å². The fourth-order valence-electron chi connectivity index (χ4n) is 3.34. The summed E-state index contributed by atoms with van der Waals surface area (Å²) in [7, 11) is 2.18. The van der Waals surface area contributed by atoms with Gasteiger partial charge in [-0.15, -0.1) is 0 Å². The van der Waals surface area contributed by atoms with Crippen LogP contribution >= 0.6 is 0 Å². The Labute approximate surface area is 129 Å². The summed E-state index contributed by atoms with van der Waals surface area (Å²) in [6.45, 7) is 10.7. The van der Waals surface area contributed by atoms with Gasteiger partial charge in [-0.05, 0) is 32.4 Å². The topological polar surface area (TPSA) is 47.6 Å². The highest BCUT2D eigenvalue weighted by atomic mass is 16.2. The minimum Gasteiger partial charge on any atom is -0.353 e. The minimum absolute atomic E-state index is 0.0269. The molecule has 2 aliphatic heterocycles. The molecule has 2 aliphatic rings. The lowest BCUT2D eigenvalue weighted by atomic mass is 10.0. The molecule has 0 aromatic rings. The summed E-state index contributed by atoms with van der Waals surface area (Å²) in [4.78, 5) is 17.2. The first-order valence-electron chi connectivity index (χ1n) is 8.51. The van der Waals surface area contributed by atoms with Crippen LogP contribution in [0.15, 0.2) is 0 Å². The Morgan fingerprint density at radius 1 is 1.24 bits per heavy atom. The molecular weight excluding hydrogens is 264 g/mol. The molecule has 2 heterocycles. The summed E-state index contributed by atoms with van der Waals surface area (Å²) >= 11 is 0. The molecule has 1 amide bonds. The Morgan fingerprint density at radius 3 is 2.52 bits per heavy atom. The van der Waals surface area contributed by atoms with Crippen LogP contribution in [-0.2, 0) is 4.79 Å². The molecule has 2 N–H and O–H groups in total. The van der Waals surface area contributed by atoms with Gasteiger partial charge in [-0.1, -0.05) is 20.3 Å². The lowest BCUT2D eigenvalue weighted by Crippen LogP contribution is -2.56. The van der Waals surface area contributed by atoms with Gasteiger partial charge in [0.1, 0.15) is 0 Å². The van der Waals surface area contributed by atoms with Gasteiger partial charge in [-0.25, -0.2) is 0 Å². The first-order chi connectivity index (χ1) is 10.1. The van der Waals surface area contributed by atoms with Gasteiger partial charge in [-0.2, -0.15) is 0 Å². The quantitative estimate of drug-likeness (QED) is 0.776. The SMILES string of the molecule is CC(C)C(CNC(=O)C1CCCCN1)N1CCN(C)CC1. The third kappa shape index (κ3) is 4.94. The summed E-state index contributed by atoms with van der Waals surface area (Å²) in [5, 5.41) is 6.51. The smallest absolute Gasteiger partial charge is 0.237 e. The van der Waals surface area contributed by atoms with Crippen molar-refractivity contribution in [2.45, 2.75) is 45.2 Å². The zero-order valence-electron chi connectivity index (χ0n) is 13.9. The predicted molar refractivity (Wildman–Crippen MR) is 86.3 cm³/mol. The standard InChI is InChI=1S/C16H32N4O/c1-13(2)15(20-10-8-19(3)9-11-20)12-18-16(21)14-6-4-5-7-17-14/h13-15,17H,4-12H2,1-3H3,(H,18,21). The summed E-state index contributed by atoms with van der Waals surface area (Å²) < 4.78 is 0. The Bertz CT molecular complexity index is 320. The van der Waals surface area contributed by atoms with Gasteiger partial charge in [0.2, 0.25) is 5.91 Å².